The summed E-state index contributed by atoms with van der Waals surface area (Å²) in [6.07, 6.45) is 0. The lowest BCUT2D eigenvalue weighted by Crippen LogP contribution is -2.30. The second kappa shape index (κ2) is 6.45. The molecule has 1 unspecified atom stereocenters. The fraction of sp³-hybridized carbons (Fsp3) is 0.250. The topological polar surface area (TPSA) is 29.3 Å². The van der Waals surface area contributed by atoms with Crippen molar-refractivity contribution in [3.05, 3.63) is 71.5 Å². The van der Waals surface area contributed by atoms with Gasteiger partial charge in [-0.25, -0.2) is 4.39 Å². The number of benzene rings is 2. The maximum absolute atomic E-state index is 13.0. The molecule has 1 atom stereocenters. The molecule has 19 heavy (non-hydrogen) atoms. The first-order chi connectivity index (χ1) is 9.20. The second-order valence-corrected chi connectivity index (χ2v) is 4.70. The van der Waals surface area contributed by atoms with Crippen LogP contribution in [-0.4, -0.2) is 18.5 Å². The van der Waals surface area contributed by atoms with Crippen LogP contribution in [0.3, 0.4) is 0 Å². The average molecular weight is 258 g/mol. The van der Waals surface area contributed by atoms with Gasteiger partial charge in [0.25, 0.3) is 0 Å². The van der Waals surface area contributed by atoms with Gasteiger partial charge in [0.05, 0.1) is 0 Å². The molecule has 2 N–H and O–H groups in total. The summed E-state index contributed by atoms with van der Waals surface area (Å²) in [5.41, 5.74) is 8.15. The molecule has 3 heteroatoms. The summed E-state index contributed by atoms with van der Waals surface area (Å²) < 4.78 is 13.0. The van der Waals surface area contributed by atoms with Crippen molar-refractivity contribution in [1.29, 1.82) is 0 Å². The van der Waals surface area contributed by atoms with Gasteiger partial charge in [0.1, 0.15) is 5.82 Å². The van der Waals surface area contributed by atoms with E-state index in [4.69, 9.17) is 5.73 Å². The van der Waals surface area contributed by atoms with E-state index < -0.39 is 0 Å². The summed E-state index contributed by atoms with van der Waals surface area (Å²) in [6.45, 7) is 1.33. The van der Waals surface area contributed by atoms with Crippen LogP contribution >= 0.6 is 0 Å². The van der Waals surface area contributed by atoms with Crippen molar-refractivity contribution in [3.63, 3.8) is 0 Å². The number of nitrogens with zero attached hydrogens (tertiary/aromatic N) is 1. The standard InChI is InChI=1S/C16H19FN2/c1-19(12-13-5-3-2-4-6-13)16(11-18)14-7-9-15(17)10-8-14/h2-10,16H,11-12,18H2,1H3. The number of hydrogen-bond acceptors (Lipinski definition) is 2. The monoisotopic (exact) mass is 258 g/mol. The molecule has 2 rings (SSSR count). The highest BCUT2D eigenvalue weighted by Crippen LogP contribution is 2.20. The smallest absolute Gasteiger partial charge is 0.123 e. The first kappa shape index (κ1) is 13.7. The van der Waals surface area contributed by atoms with Crippen LogP contribution in [-0.2, 0) is 6.54 Å². The van der Waals surface area contributed by atoms with Crippen LogP contribution in [0.4, 0.5) is 4.39 Å². The third-order valence-electron chi connectivity index (χ3n) is 3.28. The molecular weight excluding hydrogens is 239 g/mol. The van der Waals surface area contributed by atoms with E-state index in [1.165, 1.54) is 17.7 Å². The fourth-order valence-corrected chi connectivity index (χ4v) is 2.24. The Labute approximate surface area is 113 Å². The predicted octanol–water partition coefficient (Wildman–Crippen LogP) is 2.96. The zero-order chi connectivity index (χ0) is 13.7. The number of likely N-dealkylation sites (N-methyl/N-ethyl adjacent to an activating group) is 1. The van der Waals surface area contributed by atoms with Gasteiger partial charge in [-0.3, -0.25) is 4.90 Å². The molecule has 100 valence electrons. The Balaban J connectivity index is 2.11. The van der Waals surface area contributed by atoms with Crippen molar-refractivity contribution in [2.45, 2.75) is 12.6 Å². The van der Waals surface area contributed by atoms with Crippen LogP contribution in [0.2, 0.25) is 0 Å². The lowest BCUT2D eigenvalue weighted by molar-refractivity contribution is 0.241. The third-order valence-corrected chi connectivity index (χ3v) is 3.28. The molecule has 2 nitrogen and oxygen atoms in total. The van der Waals surface area contributed by atoms with Crippen LogP contribution in [0.25, 0.3) is 0 Å². The lowest BCUT2D eigenvalue weighted by Gasteiger charge is -2.27. The Bertz CT molecular complexity index is 496. The van der Waals surface area contributed by atoms with Gasteiger partial charge in [-0.15, -0.1) is 0 Å². The van der Waals surface area contributed by atoms with Crippen molar-refractivity contribution in [2.75, 3.05) is 13.6 Å². The molecule has 0 aliphatic rings. The van der Waals surface area contributed by atoms with Crippen molar-refractivity contribution >= 4 is 0 Å². The minimum atomic E-state index is -0.217. The highest BCUT2D eigenvalue weighted by molar-refractivity contribution is 5.21. The molecule has 0 spiro atoms. The maximum Gasteiger partial charge on any atom is 0.123 e. The maximum atomic E-state index is 13.0. The molecule has 0 amide bonds. The molecule has 0 saturated heterocycles. The van der Waals surface area contributed by atoms with E-state index >= 15 is 0 Å². The minimum absolute atomic E-state index is 0.0980. The fourth-order valence-electron chi connectivity index (χ4n) is 2.24. The molecule has 0 aliphatic carbocycles. The van der Waals surface area contributed by atoms with Crippen LogP contribution in [0, 0.1) is 5.82 Å². The Morgan fingerprint density at radius 1 is 1.05 bits per heavy atom. The first-order valence-electron chi connectivity index (χ1n) is 6.40. The number of halogens is 1. The van der Waals surface area contributed by atoms with E-state index in [0.29, 0.717) is 6.54 Å². The van der Waals surface area contributed by atoms with Gasteiger partial charge in [0.15, 0.2) is 0 Å². The summed E-state index contributed by atoms with van der Waals surface area (Å²) in [4.78, 5) is 2.18. The average Bonchev–Trinajstić information content (AvgIpc) is 2.43. The van der Waals surface area contributed by atoms with Crippen LogP contribution in [0.5, 0.6) is 0 Å². The Kier molecular flexibility index (Phi) is 4.66. The Hall–Kier alpha value is -1.71. The molecular formula is C16H19FN2. The van der Waals surface area contributed by atoms with Gasteiger partial charge >= 0.3 is 0 Å². The molecule has 0 saturated carbocycles. The van der Waals surface area contributed by atoms with E-state index in [1.54, 1.807) is 12.1 Å². The van der Waals surface area contributed by atoms with E-state index in [2.05, 4.69) is 17.0 Å². The molecule has 0 radical (unpaired) electrons. The summed E-state index contributed by atoms with van der Waals surface area (Å²) in [5.74, 6) is -0.217. The quantitative estimate of drug-likeness (QED) is 0.893. The highest BCUT2D eigenvalue weighted by Gasteiger charge is 2.15. The van der Waals surface area contributed by atoms with Gasteiger partial charge in [0, 0.05) is 19.1 Å². The molecule has 2 aromatic rings. The van der Waals surface area contributed by atoms with E-state index in [-0.39, 0.29) is 11.9 Å². The summed E-state index contributed by atoms with van der Waals surface area (Å²) >= 11 is 0. The van der Waals surface area contributed by atoms with Crippen LogP contribution in [0.1, 0.15) is 17.2 Å². The van der Waals surface area contributed by atoms with Crippen molar-refractivity contribution in [2.24, 2.45) is 5.73 Å². The molecule has 0 aliphatic heterocycles. The second-order valence-electron chi connectivity index (χ2n) is 4.70. The SMILES string of the molecule is CN(Cc1ccccc1)C(CN)c1ccc(F)cc1. The summed E-state index contributed by atoms with van der Waals surface area (Å²) in [6, 6.07) is 16.9. The molecule has 0 fully saturated rings. The van der Waals surface area contributed by atoms with Crippen molar-refractivity contribution in [3.8, 4) is 0 Å². The van der Waals surface area contributed by atoms with E-state index in [0.717, 1.165) is 12.1 Å². The third kappa shape index (κ3) is 3.63. The summed E-state index contributed by atoms with van der Waals surface area (Å²) in [5, 5.41) is 0. The number of hydrogen-bond donors (Lipinski definition) is 1. The number of nitrogens with two attached hydrogens (primary N) is 1. The Morgan fingerprint density at radius 2 is 1.68 bits per heavy atom. The summed E-state index contributed by atoms with van der Waals surface area (Å²) in [7, 11) is 2.04. The van der Waals surface area contributed by atoms with Gasteiger partial charge in [-0.2, -0.15) is 0 Å². The van der Waals surface area contributed by atoms with Gasteiger partial charge in [-0.1, -0.05) is 42.5 Å². The normalized spacial score (nSPS) is 12.6. The van der Waals surface area contributed by atoms with E-state index in [1.807, 2.05) is 25.2 Å². The highest BCUT2D eigenvalue weighted by atomic mass is 19.1. The van der Waals surface area contributed by atoms with Crippen LogP contribution < -0.4 is 5.73 Å². The lowest BCUT2D eigenvalue weighted by atomic mass is 10.0. The zero-order valence-corrected chi connectivity index (χ0v) is 11.1. The molecule has 2 aromatic carbocycles. The molecule has 0 bridgehead atoms. The number of rotatable bonds is 5. The van der Waals surface area contributed by atoms with Gasteiger partial charge < -0.3 is 5.73 Å². The zero-order valence-electron chi connectivity index (χ0n) is 11.1. The van der Waals surface area contributed by atoms with Crippen molar-refractivity contribution in [1.82, 2.24) is 4.90 Å². The van der Waals surface area contributed by atoms with Crippen molar-refractivity contribution < 1.29 is 4.39 Å². The van der Waals surface area contributed by atoms with Crippen LogP contribution in [0.15, 0.2) is 54.6 Å². The first-order valence-corrected chi connectivity index (χ1v) is 6.40. The minimum Gasteiger partial charge on any atom is -0.329 e. The van der Waals surface area contributed by atoms with Gasteiger partial charge in [0.2, 0.25) is 0 Å². The van der Waals surface area contributed by atoms with E-state index in [9.17, 15) is 4.39 Å². The predicted molar refractivity (Wildman–Crippen MR) is 76.1 cm³/mol. The largest absolute Gasteiger partial charge is 0.329 e. The Morgan fingerprint density at radius 3 is 2.26 bits per heavy atom. The van der Waals surface area contributed by atoms with Gasteiger partial charge in [-0.05, 0) is 30.3 Å². The molecule has 0 heterocycles. The molecule has 0 aromatic heterocycles.